The van der Waals surface area contributed by atoms with Crippen LogP contribution in [0.2, 0.25) is 0 Å². The van der Waals surface area contributed by atoms with Crippen LogP contribution in [0.5, 0.6) is 0 Å². The number of hydrogen-bond donors (Lipinski definition) is 2. The summed E-state index contributed by atoms with van der Waals surface area (Å²) in [6, 6.07) is 2.92. The third kappa shape index (κ3) is 5.00. The lowest BCUT2D eigenvalue weighted by Crippen LogP contribution is -2.40. The van der Waals surface area contributed by atoms with Crippen molar-refractivity contribution in [3.8, 4) is 0 Å². The lowest BCUT2D eigenvalue weighted by atomic mass is 10.1. The topological polar surface area (TPSA) is 58.4 Å². The summed E-state index contributed by atoms with van der Waals surface area (Å²) in [6.07, 6.45) is 0. The van der Waals surface area contributed by atoms with Crippen molar-refractivity contribution in [3.63, 3.8) is 0 Å². The van der Waals surface area contributed by atoms with Crippen LogP contribution in [-0.4, -0.2) is 35.9 Å². The Morgan fingerprint density at radius 2 is 1.81 bits per heavy atom. The molecule has 0 spiro atoms. The highest BCUT2D eigenvalue weighted by atomic mass is 32.1. The molecule has 3 N–H and O–H groups in total. The van der Waals surface area contributed by atoms with Crippen LogP contribution in [0.25, 0.3) is 0 Å². The average molecular weight is 311 g/mol. The zero-order chi connectivity index (χ0) is 16.2. The van der Waals surface area contributed by atoms with Gasteiger partial charge >= 0.3 is 0 Å². The number of ketones is 1. The van der Waals surface area contributed by atoms with E-state index < -0.39 is 0 Å². The number of hydrogen-bond acceptors (Lipinski definition) is 5. The number of nitrogen functional groups attached to an aromatic ring is 1. The maximum Gasteiger partial charge on any atom is 0.177 e. The van der Waals surface area contributed by atoms with Gasteiger partial charge in [0.25, 0.3) is 0 Å². The fourth-order valence-corrected chi connectivity index (χ4v) is 3.46. The number of nitrogens with one attached hydrogen (secondary N) is 1. The molecule has 0 fully saturated rings. The Labute approximate surface area is 132 Å². The van der Waals surface area contributed by atoms with Gasteiger partial charge in [0.1, 0.15) is 0 Å². The highest BCUT2D eigenvalue weighted by Crippen LogP contribution is 2.31. The minimum absolute atomic E-state index is 0.0174. The fraction of sp³-hybridized carbons (Fsp3) is 0.688. The zero-order valence-electron chi connectivity index (χ0n) is 14.1. The molecule has 1 aromatic heterocycles. The van der Waals surface area contributed by atoms with Crippen LogP contribution in [0.4, 0.5) is 10.7 Å². The van der Waals surface area contributed by atoms with Crippen LogP contribution in [0, 0.1) is 5.92 Å². The molecular weight excluding hydrogens is 282 g/mol. The SMILES string of the molecule is CC(C)C(=O)c1sc(NCCN(C(C)C)C(C)C)cc1N. The molecule has 0 atom stereocenters. The van der Waals surface area contributed by atoms with Crippen molar-refractivity contribution in [2.45, 2.75) is 53.6 Å². The summed E-state index contributed by atoms with van der Waals surface area (Å²) in [5.74, 6) is 0.104. The number of Topliss-reactive ketones (excluding diaryl/α,β-unsaturated/α-hetero) is 1. The maximum atomic E-state index is 12.0. The molecule has 0 amide bonds. The summed E-state index contributed by atoms with van der Waals surface area (Å²) < 4.78 is 0. The second-order valence-electron chi connectivity index (χ2n) is 6.27. The largest absolute Gasteiger partial charge is 0.397 e. The van der Waals surface area contributed by atoms with E-state index in [4.69, 9.17) is 5.73 Å². The van der Waals surface area contributed by atoms with E-state index in [2.05, 4.69) is 37.9 Å². The highest BCUT2D eigenvalue weighted by Gasteiger charge is 2.18. The van der Waals surface area contributed by atoms with Crippen LogP contribution < -0.4 is 11.1 Å². The molecule has 0 aliphatic rings. The molecule has 21 heavy (non-hydrogen) atoms. The number of nitrogens with two attached hydrogens (primary N) is 1. The van der Waals surface area contributed by atoms with Gasteiger partial charge in [-0.3, -0.25) is 9.69 Å². The molecule has 0 unspecified atom stereocenters. The van der Waals surface area contributed by atoms with E-state index in [1.807, 2.05) is 19.9 Å². The summed E-state index contributed by atoms with van der Waals surface area (Å²) >= 11 is 1.46. The van der Waals surface area contributed by atoms with E-state index in [0.717, 1.165) is 18.1 Å². The predicted octanol–water partition coefficient (Wildman–Crippen LogP) is 3.70. The first kappa shape index (κ1) is 18.0. The third-order valence-electron chi connectivity index (χ3n) is 3.50. The van der Waals surface area contributed by atoms with Crippen LogP contribution in [0.15, 0.2) is 6.07 Å². The van der Waals surface area contributed by atoms with Crippen molar-refractivity contribution in [3.05, 3.63) is 10.9 Å². The first-order chi connectivity index (χ1) is 9.73. The van der Waals surface area contributed by atoms with Gasteiger partial charge in [0.2, 0.25) is 0 Å². The van der Waals surface area contributed by atoms with Gasteiger partial charge in [-0.2, -0.15) is 0 Å². The number of anilines is 2. The molecule has 0 saturated carbocycles. The molecule has 0 bridgehead atoms. The second-order valence-corrected chi connectivity index (χ2v) is 7.32. The number of thiophene rings is 1. The molecule has 1 aromatic rings. The van der Waals surface area contributed by atoms with Crippen LogP contribution >= 0.6 is 11.3 Å². The third-order valence-corrected chi connectivity index (χ3v) is 4.63. The van der Waals surface area contributed by atoms with Gasteiger partial charge in [-0.25, -0.2) is 0 Å². The van der Waals surface area contributed by atoms with Gasteiger partial charge in [-0.05, 0) is 33.8 Å². The highest BCUT2D eigenvalue weighted by molar-refractivity contribution is 7.18. The second kappa shape index (κ2) is 7.80. The Bertz CT molecular complexity index is 458. The van der Waals surface area contributed by atoms with Crippen molar-refractivity contribution >= 4 is 27.8 Å². The van der Waals surface area contributed by atoms with E-state index in [1.54, 1.807) is 0 Å². The van der Waals surface area contributed by atoms with E-state index >= 15 is 0 Å². The summed E-state index contributed by atoms with van der Waals surface area (Å²) in [5, 5.41) is 4.36. The number of carbonyl (C=O) groups excluding carboxylic acids is 1. The van der Waals surface area contributed by atoms with E-state index in [9.17, 15) is 4.79 Å². The van der Waals surface area contributed by atoms with Gasteiger partial charge < -0.3 is 11.1 Å². The van der Waals surface area contributed by atoms with Crippen molar-refractivity contribution < 1.29 is 4.79 Å². The minimum Gasteiger partial charge on any atom is -0.397 e. The predicted molar refractivity (Wildman–Crippen MR) is 93.4 cm³/mol. The van der Waals surface area contributed by atoms with Gasteiger partial charge in [0.05, 0.1) is 15.6 Å². The maximum absolute atomic E-state index is 12.0. The van der Waals surface area contributed by atoms with E-state index in [-0.39, 0.29) is 11.7 Å². The van der Waals surface area contributed by atoms with Crippen molar-refractivity contribution in [2.24, 2.45) is 5.92 Å². The molecule has 0 aromatic carbocycles. The summed E-state index contributed by atoms with van der Waals surface area (Å²) in [7, 11) is 0. The smallest absolute Gasteiger partial charge is 0.177 e. The Morgan fingerprint density at radius 3 is 2.29 bits per heavy atom. The molecule has 0 aliphatic carbocycles. The minimum atomic E-state index is -0.0174. The number of carbonyl (C=O) groups is 1. The molecule has 120 valence electrons. The van der Waals surface area contributed by atoms with E-state index in [1.165, 1.54) is 11.3 Å². The summed E-state index contributed by atoms with van der Waals surface area (Å²) in [6.45, 7) is 14.5. The van der Waals surface area contributed by atoms with Gasteiger partial charge in [-0.15, -0.1) is 11.3 Å². The zero-order valence-corrected chi connectivity index (χ0v) is 14.9. The molecular formula is C16H29N3OS. The van der Waals surface area contributed by atoms with Crippen LogP contribution in [0.1, 0.15) is 51.2 Å². The van der Waals surface area contributed by atoms with Gasteiger partial charge in [-0.1, -0.05) is 13.8 Å². The van der Waals surface area contributed by atoms with Gasteiger partial charge in [0.15, 0.2) is 5.78 Å². The van der Waals surface area contributed by atoms with Crippen molar-refractivity contribution in [1.82, 2.24) is 4.90 Å². The van der Waals surface area contributed by atoms with Crippen molar-refractivity contribution in [2.75, 3.05) is 24.1 Å². The average Bonchev–Trinajstić information content (AvgIpc) is 2.73. The quantitative estimate of drug-likeness (QED) is 0.719. The normalized spacial score (nSPS) is 11.9. The molecule has 0 radical (unpaired) electrons. The number of nitrogens with zero attached hydrogens (tertiary/aromatic N) is 1. The summed E-state index contributed by atoms with van der Waals surface area (Å²) in [4.78, 5) is 15.1. The lowest BCUT2D eigenvalue weighted by Gasteiger charge is -2.30. The first-order valence-corrected chi connectivity index (χ1v) is 8.48. The van der Waals surface area contributed by atoms with E-state index in [0.29, 0.717) is 22.6 Å². The first-order valence-electron chi connectivity index (χ1n) is 7.67. The number of rotatable bonds is 8. The van der Waals surface area contributed by atoms with Crippen molar-refractivity contribution in [1.29, 1.82) is 0 Å². The monoisotopic (exact) mass is 311 g/mol. The Hall–Kier alpha value is -1.07. The molecule has 0 saturated heterocycles. The Morgan fingerprint density at radius 1 is 1.24 bits per heavy atom. The molecule has 4 nitrogen and oxygen atoms in total. The lowest BCUT2D eigenvalue weighted by molar-refractivity contribution is 0.0944. The molecule has 5 heteroatoms. The van der Waals surface area contributed by atoms with Gasteiger partial charge in [0, 0.05) is 31.1 Å². The molecule has 1 heterocycles. The standard InChI is InChI=1S/C16H29N3OS/c1-10(2)15(20)16-13(17)9-14(21-16)18-7-8-19(11(3)4)12(5)6/h9-12,18H,7-8,17H2,1-6H3. The molecule has 0 aliphatic heterocycles. The molecule has 1 rings (SSSR count). The van der Waals surface area contributed by atoms with Crippen LogP contribution in [-0.2, 0) is 0 Å². The fourth-order valence-electron chi connectivity index (χ4n) is 2.37. The Balaban J connectivity index is 2.61. The summed E-state index contributed by atoms with van der Waals surface area (Å²) in [5.41, 5.74) is 6.54. The Kier molecular flexibility index (Phi) is 6.68. The van der Waals surface area contributed by atoms with Crippen LogP contribution in [0.3, 0.4) is 0 Å².